The molecule has 7 heteroatoms. The molecule has 0 fully saturated rings. The van der Waals surface area contributed by atoms with Crippen LogP contribution in [0.2, 0.25) is 0 Å². The lowest BCUT2D eigenvalue weighted by molar-refractivity contribution is 0.0544. The smallest absolute Gasteiger partial charge is 0.294 e. The van der Waals surface area contributed by atoms with Gasteiger partial charge in [0.1, 0.15) is 12.4 Å². The molecule has 0 heterocycles. The first-order valence-electron chi connectivity index (χ1n) is 5.31. The Morgan fingerprint density at radius 3 is 2.56 bits per heavy atom. The minimum Gasteiger partial charge on any atom is -0.491 e. The lowest BCUT2D eigenvalue weighted by Gasteiger charge is -2.07. The highest BCUT2D eigenvalue weighted by atomic mass is 32.2. The Morgan fingerprint density at radius 1 is 1.17 bits per heavy atom. The van der Waals surface area contributed by atoms with Crippen LogP contribution in [0.1, 0.15) is 0 Å². The van der Waals surface area contributed by atoms with E-state index in [4.69, 9.17) is 18.8 Å². The molecule has 0 amide bonds. The number of methoxy groups -OCH3 is 1. The number of benzene rings is 1. The number of hydrogen-bond donors (Lipinski definition) is 1. The summed E-state index contributed by atoms with van der Waals surface area (Å²) in [4.78, 5) is -0.194. The molecule has 1 rings (SSSR count). The van der Waals surface area contributed by atoms with Crippen molar-refractivity contribution in [1.29, 1.82) is 0 Å². The van der Waals surface area contributed by atoms with Crippen molar-refractivity contribution in [3.05, 3.63) is 24.3 Å². The van der Waals surface area contributed by atoms with E-state index < -0.39 is 10.1 Å². The fraction of sp³-hybridized carbons (Fsp3) is 0.455. The van der Waals surface area contributed by atoms with E-state index in [1.165, 1.54) is 18.2 Å². The van der Waals surface area contributed by atoms with Crippen molar-refractivity contribution < 1.29 is 27.2 Å². The Kier molecular flexibility index (Phi) is 6.06. The van der Waals surface area contributed by atoms with Crippen LogP contribution >= 0.6 is 0 Å². The molecule has 0 spiro atoms. The van der Waals surface area contributed by atoms with Crippen LogP contribution < -0.4 is 4.74 Å². The van der Waals surface area contributed by atoms with Crippen molar-refractivity contribution in [1.82, 2.24) is 0 Å². The van der Waals surface area contributed by atoms with E-state index in [2.05, 4.69) is 0 Å². The third-order valence-electron chi connectivity index (χ3n) is 2.03. The molecule has 0 radical (unpaired) electrons. The van der Waals surface area contributed by atoms with Gasteiger partial charge in [0, 0.05) is 13.2 Å². The maximum Gasteiger partial charge on any atom is 0.294 e. The maximum atomic E-state index is 10.9. The van der Waals surface area contributed by atoms with E-state index in [9.17, 15) is 8.42 Å². The lowest BCUT2D eigenvalue weighted by Crippen LogP contribution is -2.10. The zero-order valence-electron chi connectivity index (χ0n) is 10.0. The van der Waals surface area contributed by atoms with Crippen molar-refractivity contribution in [3.63, 3.8) is 0 Å². The molecule has 0 unspecified atom stereocenters. The number of hydrogen-bond acceptors (Lipinski definition) is 5. The summed E-state index contributed by atoms with van der Waals surface area (Å²) in [7, 11) is -2.61. The van der Waals surface area contributed by atoms with Gasteiger partial charge in [-0.05, 0) is 12.1 Å². The van der Waals surface area contributed by atoms with Gasteiger partial charge >= 0.3 is 0 Å². The van der Waals surface area contributed by atoms with E-state index in [0.29, 0.717) is 32.2 Å². The van der Waals surface area contributed by atoms with Gasteiger partial charge in [0.15, 0.2) is 0 Å². The quantitative estimate of drug-likeness (QED) is 0.563. The van der Waals surface area contributed by atoms with Crippen molar-refractivity contribution in [2.75, 3.05) is 33.5 Å². The molecule has 0 saturated carbocycles. The van der Waals surface area contributed by atoms with Gasteiger partial charge in [0.2, 0.25) is 0 Å². The Bertz CT molecular complexity index is 456. The molecule has 0 bridgehead atoms. The molecule has 18 heavy (non-hydrogen) atoms. The number of ether oxygens (including phenoxy) is 3. The van der Waals surface area contributed by atoms with Gasteiger partial charge in [-0.3, -0.25) is 4.55 Å². The molecule has 0 aromatic heterocycles. The first-order valence-corrected chi connectivity index (χ1v) is 6.75. The van der Waals surface area contributed by atoms with Crippen molar-refractivity contribution in [2.45, 2.75) is 4.90 Å². The fourth-order valence-electron chi connectivity index (χ4n) is 1.19. The molecule has 0 aliphatic heterocycles. The van der Waals surface area contributed by atoms with Crippen LogP contribution in [-0.4, -0.2) is 46.5 Å². The van der Waals surface area contributed by atoms with Crippen molar-refractivity contribution >= 4 is 10.1 Å². The van der Waals surface area contributed by atoms with Crippen LogP contribution in [0.5, 0.6) is 5.75 Å². The molecule has 6 nitrogen and oxygen atoms in total. The highest BCUT2D eigenvalue weighted by Crippen LogP contribution is 2.16. The summed E-state index contributed by atoms with van der Waals surface area (Å²) in [6.45, 7) is 1.65. The summed E-state index contributed by atoms with van der Waals surface area (Å²) in [5.41, 5.74) is 0. The second-order valence-corrected chi connectivity index (χ2v) is 4.83. The zero-order chi connectivity index (χ0) is 13.4. The topological polar surface area (TPSA) is 82.1 Å². The predicted molar refractivity (Wildman–Crippen MR) is 64.4 cm³/mol. The Morgan fingerprint density at radius 2 is 1.89 bits per heavy atom. The van der Waals surface area contributed by atoms with Gasteiger partial charge in [0.25, 0.3) is 10.1 Å². The molecule has 1 aromatic rings. The van der Waals surface area contributed by atoms with Gasteiger partial charge in [-0.2, -0.15) is 8.42 Å². The molecule has 0 saturated heterocycles. The average molecular weight is 276 g/mol. The summed E-state index contributed by atoms with van der Waals surface area (Å²) in [5.74, 6) is 0.362. The van der Waals surface area contributed by atoms with E-state index in [0.717, 1.165) is 0 Å². The fourth-order valence-corrected chi connectivity index (χ4v) is 1.70. The van der Waals surface area contributed by atoms with Crippen molar-refractivity contribution in [3.8, 4) is 5.75 Å². The molecule has 0 aliphatic rings. The maximum absolute atomic E-state index is 10.9. The Balaban J connectivity index is 2.39. The lowest BCUT2D eigenvalue weighted by atomic mass is 10.3. The minimum absolute atomic E-state index is 0.194. The highest BCUT2D eigenvalue weighted by Gasteiger charge is 2.09. The molecular weight excluding hydrogens is 260 g/mol. The van der Waals surface area contributed by atoms with Gasteiger partial charge in [-0.25, -0.2) is 0 Å². The van der Waals surface area contributed by atoms with Gasteiger partial charge in [0.05, 0.1) is 24.7 Å². The molecular formula is C11H16O6S. The van der Waals surface area contributed by atoms with Crippen LogP contribution in [0.3, 0.4) is 0 Å². The summed E-state index contributed by atoms with van der Waals surface area (Å²) in [6.07, 6.45) is 0. The van der Waals surface area contributed by atoms with Crippen LogP contribution in [-0.2, 0) is 19.6 Å². The molecule has 0 aliphatic carbocycles. The average Bonchev–Trinajstić information content (AvgIpc) is 2.33. The zero-order valence-corrected chi connectivity index (χ0v) is 10.9. The highest BCUT2D eigenvalue weighted by molar-refractivity contribution is 7.85. The largest absolute Gasteiger partial charge is 0.491 e. The van der Waals surface area contributed by atoms with Crippen LogP contribution in [0.25, 0.3) is 0 Å². The standard InChI is InChI=1S/C11H16O6S/c1-15-5-6-16-7-8-17-10-3-2-4-11(9-10)18(12,13)14/h2-4,9H,5-8H2,1H3,(H,12,13,14). The Labute approximate surface area is 106 Å². The van der Waals surface area contributed by atoms with E-state index in [1.807, 2.05) is 0 Å². The molecule has 1 aromatic carbocycles. The van der Waals surface area contributed by atoms with Gasteiger partial charge in [-0.1, -0.05) is 6.07 Å². The molecule has 1 N–H and O–H groups in total. The van der Waals surface area contributed by atoms with Crippen LogP contribution in [0, 0.1) is 0 Å². The summed E-state index contributed by atoms with van der Waals surface area (Å²) in [5, 5.41) is 0. The summed E-state index contributed by atoms with van der Waals surface area (Å²) in [6, 6.07) is 5.63. The van der Waals surface area contributed by atoms with E-state index in [-0.39, 0.29) is 4.90 Å². The Hall–Kier alpha value is -1.15. The van der Waals surface area contributed by atoms with Gasteiger partial charge in [-0.15, -0.1) is 0 Å². The molecule has 0 atom stereocenters. The van der Waals surface area contributed by atoms with E-state index in [1.54, 1.807) is 13.2 Å². The first kappa shape index (κ1) is 14.9. The normalized spacial score (nSPS) is 11.4. The second-order valence-electron chi connectivity index (χ2n) is 3.40. The van der Waals surface area contributed by atoms with E-state index >= 15 is 0 Å². The SMILES string of the molecule is COCCOCCOc1cccc(S(=O)(=O)O)c1. The van der Waals surface area contributed by atoms with Gasteiger partial charge < -0.3 is 14.2 Å². The number of rotatable bonds is 8. The summed E-state index contributed by atoms with van der Waals surface area (Å²) >= 11 is 0. The summed E-state index contributed by atoms with van der Waals surface area (Å²) < 4.78 is 45.9. The molecule has 102 valence electrons. The van der Waals surface area contributed by atoms with Crippen molar-refractivity contribution in [2.24, 2.45) is 0 Å². The third kappa shape index (κ3) is 5.46. The third-order valence-corrected chi connectivity index (χ3v) is 2.88. The van der Waals surface area contributed by atoms with Crippen LogP contribution in [0.15, 0.2) is 29.2 Å². The second kappa shape index (κ2) is 7.32. The minimum atomic E-state index is -4.20. The predicted octanol–water partition coefficient (Wildman–Crippen LogP) is 0.975. The van der Waals surface area contributed by atoms with Crippen LogP contribution in [0.4, 0.5) is 0 Å². The monoisotopic (exact) mass is 276 g/mol. The first-order chi connectivity index (χ1) is 8.54.